The molecule has 0 saturated carbocycles. The van der Waals surface area contributed by atoms with Gasteiger partial charge in [-0.25, -0.2) is 0 Å². The highest BCUT2D eigenvalue weighted by Gasteiger charge is 2.35. The fourth-order valence-electron chi connectivity index (χ4n) is 2.03. The van der Waals surface area contributed by atoms with Crippen LogP contribution in [-0.4, -0.2) is 35.5 Å². The van der Waals surface area contributed by atoms with Crippen molar-refractivity contribution in [1.29, 1.82) is 0 Å². The molecule has 0 bridgehead atoms. The maximum atomic E-state index is 12.2. The van der Waals surface area contributed by atoms with Gasteiger partial charge in [0.25, 0.3) is 0 Å². The van der Waals surface area contributed by atoms with E-state index in [1.54, 1.807) is 0 Å². The summed E-state index contributed by atoms with van der Waals surface area (Å²) in [7, 11) is 0. The highest BCUT2D eigenvalue weighted by atomic mass is 16.2. The molecule has 0 aliphatic carbocycles. The van der Waals surface area contributed by atoms with Crippen molar-refractivity contribution in [3.63, 3.8) is 0 Å². The molecule has 1 heterocycles. The van der Waals surface area contributed by atoms with Gasteiger partial charge < -0.3 is 10.2 Å². The van der Waals surface area contributed by atoms with Crippen LogP contribution in [-0.2, 0) is 4.79 Å². The Kier molecular flexibility index (Phi) is 4.14. The lowest BCUT2D eigenvalue weighted by molar-refractivity contribution is -0.138. The Bertz CT molecular complexity index is 226. The quantitative estimate of drug-likeness (QED) is 0.773. The van der Waals surface area contributed by atoms with Crippen molar-refractivity contribution < 1.29 is 4.79 Å². The monoisotopic (exact) mass is 212 g/mol. The molecule has 1 aliphatic rings. The first kappa shape index (κ1) is 12.5. The number of amides is 1. The summed E-state index contributed by atoms with van der Waals surface area (Å²) < 4.78 is 0. The fourth-order valence-corrected chi connectivity index (χ4v) is 2.03. The van der Waals surface area contributed by atoms with E-state index < -0.39 is 5.54 Å². The minimum atomic E-state index is -0.390. The molecular formula is C12H24N2O. The van der Waals surface area contributed by atoms with Crippen LogP contribution in [0, 0.1) is 0 Å². The average Bonchev–Trinajstić information content (AvgIpc) is 2.25. The third-order valence-electron chi connectivity index (χ3n) is 3.21. The molecule has 1 amide bonds. The number of unbranched alkanes of at least 4 members (excludes halogenated alkanes) is 1. The second kappa shape index (κ2) is 4.97. The molecular weight excluding hydrogens is 188 g/mol. The van der Waals surface area contributed by atoms with E-state index in [1.807, 2.05) is 18.7 Å². The van der Waals surface area contributed by atoms with Gasteiger partial charge in [-0.15, -0.1) is 0 Å². The van der Waals surface area contributed by atoms with Crippen LogP contribution < -0.4 is 5.32 Å². The van der Waals surface area contributed by atoms with Crippen LogP contribution in [0.15, 0.2) is 0 Å². The Hall–Kier alpha value is -0.570. The van der Waals surface area contributed by atoms with Gasteiger partial charge in [0.1, 0.15) is 0 Å². The van der Waals surface area contributed by atoms with Crippen molar-refractivity contribution in [2.45, 2.75) is 58.5 Å². The fraction of sp³-hybridized carbons (Fsp3) is 0.917. The van der Waals surface area contributed by atoms with Gasteiger partial charge in [-0.05, 0) is 40.2 Å². The maximum absolute atomic E-state index is 12.2. The van der Waals surface area contributed by atoms with Crippen molar-refractivity contribution in [3.05, 3.63) is 0 Å². The van der Waals surface area contributed by atoms with Crippen LogP contribution in [0.3, 0.4) is 0 Å². The van der Waals surface area contributed by atoms with Crippen molar-refractivity contribution >= 4 is 5.91 Å². The predicted molar refractivity (Wildman–Crippen MR) is 62.8 cm³/mol. The number of carbonyl (C=O) groups excluding carboxylic acids is 1. The van der Waals surface area contributed by atoms with Gasteiger partial charge in [0.15, 0.2) is 0 Å². The van der Waals surface area contributed by atoms with E-state index in [4.69, 9.17) is 0 Å². The zero-order valence-corrected chi connectivity index (χ0v) is 10.5. The van der Waals surface area contributed by atoms with Gasteiger partial charge in [0.05, 0.1) is 5.54 Å². The van der Waals surface area contributed by atoms with Crippen molar-refractivity contribution in [2.75, 3.05) is 13.1 Å². The molecule has 0 aromatic carbocycles. The molecule has 0 aromatic rings. The molecule has 1 rings (SSSR count). The standard InChI is InChI=1S/C12H24N2O/c1-5-6-9-14-10(2)7-8-13-12(3,4)11(14)15/h10,13H,5-9H2,1-4H3. The minimum absolute atomic E-state index is 0.251. The van der Waals surface area contributed by atoms with Gasteiger partial charge >= 0.3 is 0 Å². The predicted octanol–water partition coefficient (Wildman–Crippen LogP) is 1.78. The van der Waals surface area contributed by atoms with E-state index in [-0.39, 0.29) is 5.91 Å². The number of carbonyl (C=O) groups is 1. The highest BCUT2D eigenvalue weighted by molar-refractivity contribution is 5.86. The van der Waals surface area contributed by atoms with Crippen LogP contribution in [0.25, 0.3) is 0 Å². The molecule has 0 aromatic heterocycles. The van der Waals surface area contributed by atoms with Crippen molar-refractivity contribution in [2.24, 2.45) is 0 Å². The lowest BCUT2D eigenvalue weighted by atomic mass is 10.0. The summed E-state index contributed by atoms with van der Waals surface area (Å²) in [5.41, 5.74) is -0.390. The molecule has 3 nitrogen and oxygen atoms in total. The van der Waals surface area contributed by atoms with E-state index >= 15 is 0 Å². The highest BCUT2D eigenvalue weighted by Crippen LogP contribution is 2.17. The van der Waals surface area contributed by atoms with Crippen molar-refractivity contribution in [3.8, 4) is 0 Å². The number of nitrogens with one attached hydrogen (secondary N) is 1. The summed E-state index contributed by atoms with van der Waals surface area (Å²) >= 11 is 0. The number of nitrogens with zero attached hydrogens (tertiary/aromatic N) is 1. The number of hydrogen-bond donors (Lipinski definition) is 1. The Balaban J connectivity index is 2.73. The van der Waals surface area contributed by atoms with Crippen LogP contribution in [0.4, 0.5) is 0 Å². The summed E-state index contributed by atoms with van der Waals surface area (Å²) in [4.78, 5) is 14.3. The Labute approximate surface area is 93.2 Å². The maximum Gasteiger partial charge on any atom is 0.242 e. The lowest BCUT2D eigenvalue weighted by Gasteiger charge is -2.32. The molecule has 1 atom stereocenters. The third-order valence-corrected chi connectivity index (χ3v) is 3.21. The zero-order chi connectivity index (χ0) is 11.5. The zero-order valence-electron chi connectivity index (χ0n) is 10.5. The first-order valence-electron chi connectivity index (χ1n) is 6.05. The van der Waals surface area contributed by atoms with Gasteiger partial charge in [-0.3, -0.25) is 4.79 Å². The first-order valence-corrected chi connectivity index (χ1v) is 6.05. The smallest absolute Gasteiger partial charge is 0.242 e. The molecule has 1 aliphatic heterocycles. The van der Waals surface area contributed by atoms with Gasteiger partial charge in [0, 0.05) is 12.6 Å². The van der Waals surface area contributed by atoms with Crippen LogP contribution in [0.1, 0.15) is 47.0 Å². The first-order chi connectivity index (χ1) is 6.99. The number of hydrogen-bond acceptors (Lipinski definition) is 2. The largest absolute Gasteiger partial charge is 0.338 e. The van der Waals surface area contributed by atoms with E-state index in [0.29, 0.717) is 6.04 Å². The SMILES string of the molecule is CCCCN1C(=O)C(C)(C)NCCC1C. The molecule has 1 unspecified atom stereocenters. The summed E-state index contributed by atoms with van der Waals surface area (Å²) in [6.07, 6.45) is 3.30. The molecule has 3 heteroatoms. The summed E-state index contributed by atoms with van der Waals surface area (Å²) in [6, 6.07) is 0.373. The van der Waals surface area contributed by atoms with E-state index in [0.717, 1.165) is 32.4 Å². The Morgan fingerprint density at radius 2 is 2.20 bits per heavy atom. The van der Waals surface area contributed by atoms with Gasteiger partial charge in [-0.1, -0.05) is 13.3 Å². The van der Waals surface area contributed by atoms with Gasteiger partial charge in [0.2, 0.25) is 5.91 Å². The lowest BCUT2D eigenvalue weighted by Crippen LogP contribution is -2.53. The molecule has 1 N–H and O–H groups in total. The summed E-state index contributed by atoms with van der Waals surface area (Å²) in [5, 5.41) is 3.32. The van der Waals surface area contributed by atoms with E-state index in [2.05, 4.69) is 19.2 Å². The minimum Gasteiger partial charge on any atom is -0.338 e. The van der Waals surface area contributed by atoms with Crippen molar-refractivity contribution in [1.82, 2.24) is 10.2 Å². The van der Waals surface area contributed by atoms with Crippen LogP contribution >= 0.6 is 0 Å². The second-order valence-electron chi connectivity index (χ2n) is 5.04. The topological polar surface area (TPSA) is 32.3 Å². The normalized spacial score (nSPS) is 26.5. The molecule has 1 saturated heterocycles. The molecule has 0 spiro atoms. The third kappa shape index (κ3) is 2.94. The summed E-state index contributed by atoms with van der Waals surface area (Å²) in [5.74, 6) is 0.251. The summed E-state index contributed by atoms with van der Waals surface area (Å²) in [6.45, 7) is 10.1. The average molecular weight is 212 g/mol. The molecule has 15 heavy (non-hydrogen) atoms. The molecule has 88 valence electrons. The number of rotatable bonds is 3. The van der Waals surface area contributed by atoms with E-state index in [9.17, 15) is 4.79 Å². The molecule has 1 fully saturated rings. The second-order valence-corrected chi connectivity index (χ2v) is 5.04. The van der Waals surface area contributed by atoms with Gasteiger partial charge in [-0.2, -0.15) is 0 Å². The van der Waals surface area contributed by atoms with Crippen LogP contribution in [0.5, 0.6) is 0 Å². The Morgan fingerprint density at radius 3 is 2.80 bits per heavy atom. The Morgan fingerprint density at radius 1 is 1.53 bits per heavy atom. The van der Waals surface area contributed by atoms with E-state index in [1.165, 1.54) is 0 Å². The van der Waals surface area contributed by atoms with Crippen LogP contribution in [0.2, 0.25) is 0 Å². The molecule has 0 radical (unpaired) electrons.